The van der Waals surface area contributed by atoms with Gasteiger partial charge in [-0.25, -0.2) is 17.6 Å². The zero-order chi connectivity index (χ0) is 24.1. The summed E-state index contributed by atoms with van der Waals surface area (Å²) < 4.78 is 40.7. The molecule has 0 radical (unpaired) electrons. The van der Waals surface area contributed by atoms with E-state index in [0.29, 0.717) is 37.6 Å². The van der Waals surface area contributed by atoms with E-state index in [1.807, 2.05) is 0 Å². The second-order valence-electron chi connectivity index (χ2n) is 7.72. The minimum Gasteiger partial charge on any atom is -0.335 e. The molecule has 1 saturated heterocycles. The first kappa shape index (κ1) is 23.2. The Morgan fingerprint density at radius 1 is 0.765 bits per heavy atom. The van der Waals surface area contributed by atoms with E-state index in [2.05, 4.69) is 10.0 Å². The van der Waals surface area contributed by atoms with E-state index in [9.17, 15) is 22.4 Å². The number of nitrogens with one attached hydrogen (secondary N) is 2. The largest absolute Gasteiger partial charge is 0.335 e. The molecule has 3 aromatic carbocycles. The van der Waals surface area contributed by atoms with Crippen LogP contribution in [0, 0.1) is 5.82 Å². The van der Waals surface area contributed by atoms with Gasteiger partial charge in [0.1, 0.15) is 5.82 Å². The number of nitrogens with zero attached hydrogens (tertiary/aromatic N) is 2. The third kappa shape index (κ3) is 5.52. The summed E-state index contributed by atoms with van der Waals surface area (Å²) in [6.45, 7) is 1.34. The number of piperazine rings is 1. The molecule has 3 aromatic rings. The number of sulfonamides is 1. The van der Waals surface area contributed by atoms with Crippen LogP contribution in [-0.4, -0.2) is 56.3 Å². The number of urea groups is 1. The van der Waals surface area contributed by atoms with E-state index in [1.165, 1.54) is 30.3 Å². The lowest BCUT2D eigenvalue weighted by atomic mass is 10.2. The molecule has 2 N–H and O–H groups in total. The van der Waals surface area contributed by atoms with Gasteiger partial charge in [-0.05, 0) is 54.6 Å². The molecule has 0 spiro atoms. The Bertz CT molecular complexity index is 1280. The van der Waals surface area contributed by atoms with Gasteiger partial charge in [0, 0.05) is 43.1 Å². The van der Waals surface area contributed by atoms with Gasteiger partial charge in [0.05, 0.1) is 4.90 Å². The lowest BCUT2D eigenvalue weighted by molar-refractivity contribution is 0.0671. The molecule has 8 nitrogen and oxygen atoms in total. The van der Waals surface area contributed by atoms with Crippen molar-refractivity contribution >= 4 is 33.3 Å². The molecule has 0 aromatic heterocycles. The number of halogens is 1. The molecular weight excluding hydrogens is 459 g/mol. The molecule has 4 rings (SSSR count). The number of anilines is 2. The number of rotatable bonds is 5. The average Bonchev–Trinajstić information content (AvgIpc) is 2.85. The van der Waals surface area contributed by atoms with Crippen molar-refractivity contribution in [3.8, 4) is 0 Å². The van der Waals surface area contributed by atoms with Crippen molar-refractivity contribution in [2.24, 2.45) is 0 Å². The van der Waals surface area contributed by atoms with E-state index >= 15 is 0 Å². The van der Waals surface area contributed by atoms with Gasteiger partial charge in [-0.2, -0.15) is 0 Å². The summed E-state index contributed by atoms with van der Waals surface area (Å²) in [6.07, 6.45) is 0. The van der Waals surface area contributed by atoms with E-state index < -0.39 is 15.8 Å². The van der Waals surface area contributed by atoms with Crippen LogP contribution in [0.15, 0.2) is 83.8 Å². The van der Waals surface area contributed by atoms with Gasteiger partial charge in [0.2, 0.25) is 0 Å². The van der Waals surface area contributed by atoms with Crippen LogP contribution in [0.5, 0.6) is 0 Å². The van der Waals surface area contributed by atoms with Gasteiger partial charge in [0.15, 0.2) is 0 Å². The van der Waals surface area contributed by atoms with E-state index in [-0.39, 0.29) is 22.4 Å². The summed E-state index contributed by atoms with van der Waals surface area (Å²) in [5.41, 5.74) is 1.15. The maximum atomic E-state index is 13.4. The number of amides is 3. The fraction of sp³-hybridized carbons (Fsp3) is 0.167. The highest BCUT2D eigenvalue weighted by Crippen LogP contribution is 2.19. The minimum atomic E-state index is -3.70. The van der Waals surface area contributed by atoms with Crippen molar-refractivity contribution in [2.75, 3.05) is 36.2 Å². The third-order valence-electron chi connectivity index (χ3n) is 5.37. The Morgan fingerprint density at radius 3 is 2.03 bits per heavy atom. The second-order valence-corrected chi connectivity index (χ2v) is 9.40. The monoisotopic (exact) mass is 482 g/mol. The van der Waals surface area contributed by atoms with Crippen molar-refractivity contribution in [3.05, 3.63) is 90.2 Å². The Labute approximate surface area is 197 Å². The quantitative estimate of drug-likeness (QED) is 0.580. The van der Waals surface area contributed by atoms with Crippen molar-refractivity contribution in [2.45, 2.75) is 4.90 Å². The topological polar surface area (TPSA) is 98.8 Å². The number of carbonyl (C=O) groups is 2. The number of hydrogen-bond acceptors (Lipinski definition) is 4. The molecule has 0 aliphatic carbocycles. The molecule has 1 heterocycles. The predicted octanol–water partition coefficient (Wildman–Crippen LogP) is 3.62. The lowest BCUT2D eigenvalue weighted by Gasteiger charge is -2.34. The van der Waals surface area contributed by atoms with Gasteiger partial charge in [-0.15, -0.1) is 0 Å². The van der Waals surface area contributed by atoms with Gasteiger partial charge >= 0.3 is 6.03 Å². The highest BCUT2D eigenvalue weighted by Gasteiger charge is 2.25. The fourth-order valence-electron chi connectivity index (χ4n) is 3.55. The van der Waals surface area contributed by atoms with Gasteiger partial charge < -0.3 is 15.1 Å². The molecule has 1 aliphatic rings. The number of benzene rings is 3. The Hall–Kier alpha value is -3.92. The summed E-state index contributed by atoms with van der Waals surface area (Å²) in [7, 11) is -3.70. The molecule has 1 fully saturated rings. The first-order chi connectivity index (χ1) is 16.3. The first-order valence-electron chi connectivity index (χ1n) is 10.6. The molecule has 0 atom stereocenters. The summed E-state index contributed by atoms with van der Waals surface area (Å²) in [4.78, 5) is 28.5. The lowest BCUT2D eigenvalue weighted by Crippen LogP contribution is -2.51. The van der Waals surface area contributed by atoms with Gasteiger partial charge in [-0.3, -0.25) is 9.52 Å². The second kappa shape index (κ2) is 9.92. The summed E-state index contributed by atoms with van der Waals surface area (Å²) in [5, 5.41) is 2.77. The van der Waals surface area contributed by atoms with E-state index in [0.717, 1.165) is 0 Å². The number of carbonyl (C=O) groups excluding carboxylic acids is 2. The fourth-order valence-corrected chi connectivity index (χ4v) is 4.63. The summed E-state index contributed by atoms with van der Waals surface area (Å²) in [6, 6.07) is 19.6. The van der Waals surface area contributed by atoms with Crippen LogP contribution in [0.3, 0.4) is 0 Å². The van der Waals surface area contributed by atoms with Crippen LogP contribution in [0.4, 0.5) is 20.6 Å². The zero-order valence-corrected chi connectivity index (χ0v) is 19.0. The van der Waals surface area contributed by atoms with Crippen molar-refractivity contribution < 1.29 is 22.4 Å². The minimum absolute atomic E-state index is 0.155. The average molecular weight is 483 g/mol. The molecule has 0 bridgehead atoms. The van der Waals surface area contributed by atoms with Crippen molar-refractivity contribution in [3.63, 3.8) is 0 Å². The van der Waals surface area contributed by atoms with Crippen LogP contribution >= 0.6 is 0 Å². The van der Waals surface area contributed by atoms with Crippen LogP contribution < -0.4 is 10.0 Å². The normalized spacial score (nSPS) is 13.9. The third-order valence-corrected chi connectivity index (χ3v) is 6.76. The van der Waals surface area contributed by atoms with Crippen LogP contribution in [-0.2, 0) is 10.0 Å². The smallest absolute Gasteiger partial charge is 0.321 e. The summed E-state index contributed by atoms with van der Waals surface area (Å²) in [5.74, 6) is -0.740. The molecule has 3 amide bonds. The van der Waals surface area contributed by atoms with E-state index in [4.69, 9.17) is 0 Å². The zero-order valence-electron chi connectivity index (χ0n) is 18.1. The standard InChI is InChI=1S/C24H23FN4O4S/c25-19-6-4-5-18(17-19)23(30)28-13-15-29(16-14-28)24(31)26-20-9-11-21(12-10-20)27-34(32,33)22-7-2-1-3-8-22/h1-12,17,27H,13-16H2,(H,26,31). The maximum Gasteiger partial charge on any atom is 0.321 e. The number of hydrogen-bond donors (Lipinski definition) is 2. The highest BCUT2D eigenvalue weighted by molar-refractivity contribution is 7.92. The molecule has 0 unspecified atom stereocenters. The van der Waals surface area contributed by atoms with Gasteiger partial charge in [-0.1, -0.05) is 24.3 Å². The van der Waals surface area contributed by atoms with Crippen molar-refractivity contribution in [1.29, 1.82) is 0 Å². The molecule has 1 aliphatic heterocycles. The van der Waals surface area contributed by atoms with E-state index in [1.54, 1.807) is 58.3 Å². The molecule has 176 valence electrons. The molecule has 0 saturated carbocycles. The maximum absolute atomic E-state index is 13.4. The molecular formula is C24H23FN4O4S. The molecule has 10 heteroatoms. The van der Waals surface area contributed by atoms with Crippen molar-refractivity contribution in [1.82, 2.24) is 9.80 Å². The predicted molar refractivity (Wildman–Crippen MR) is 127 cm³/mol. The molecule has 34 heavy (non-hydrogen) atoms. The van der Waals surface area contributed by atoms with Crippen LogP contribution in [0.25, 0.3) is 0 Å². The SMILES string of the molecule is O=C(Nc1ccc(NS(=O)(=O)c2ccccc2)cc1)N1CCN(C(=O)c2cccc(F)c2)CC1. The van der Waals surface area contributed by atoms with Crippen LogP contribution in [0.2, 0.25) is 0 Å². The summed E-state index contributed by atoms with van der Waals surface area (Å²) >= 11 is 0. The highest BCUT2D eigenvalue weighted by atomic mass is 32.2. The Morgan fingerprint density at radius 2 is 1.38 bits per heavy atom. The van der Waals surface area contributed by atoms with Crippen LogP contribution in [0.1, 0.15) is 10.4 Å². The Balaban J connectivity index is 1.30. The first-order valence-corrected chi connectivity index (χ1v) is 12.1. The van der Waals surface area contributed by atoms with Gasteiger partial charge in [0.25, 0.3) is 15.9 Å². The Kier molecular flexibility index (Phi) is 6.78.